The molecular weight excluding hydrogens is 304 g/mol. The highest BCUT2D eigenvalue weighted by Crippen LogP contribution is 2.30. The van der Waals surface area contributed by atoms with Gasteiger partial charge in [0.2, 0.25) is 5.91 Å². The summed E-state index contributed by atoms with van der Waals surface area (Å²) in [6.07, 6.45) is 2.99. The number of nitrogens with one attached hydrogen (secondary N) is 2. The summed E-state index contributed by atoms with van der Waals surface area (Å²) in [5, 5.41) is 15.8. The molecule has 0 spiro atoms. The number of rotatable bonds is 7. The third kappa shape index (κ3) is 4.81. The van der Waals surface area contributed by atoms with Crippen LogP contribution in [-0.2, 0) is 4.79 Å². The Morgan fingerprint density at radius 2 is 1.92 bits per heavy atom. The molecule has 1 fully saturated rings. The predicted octanol–water partition coefficient (Wildman–Crippen LogP) is 2.17. The number of amides is 2. The average Bonchev–Trinajstić information content (AvgIpc) is 2.50. The van der Waals surface area contributed by atoms with Crippen molar-refractivity contribution in [3.63, 3.8) is 0 Å². The first-order valence-corrected chi connectivity index (χ1v) is 8.67. The molecule has 0 aromatic heterocycles. The van der Waals surface area contributed by atoms with Crippen LogP contribution in [0.15, 0.2) is 24.3 Å². The Balaban J connectivity index is 2.00. The molecule has 132 valence electrons. The van der Waals surface area contributed by atoms with Gasteiger partial charge in [0.15, 0.2) is 0 Å². The van der Waals surface area contributed by atoms with E-state index in [1.54, 1.807) is 6.07 Å². The van der Waals surface area contributed by atoms with Gasteiger partial charge in [0.1, 0.15) is 6.04 Å². The van der Waals surface area contributed by atoms with Crippen molar-refractivity contribution in [3.05, 3.63) is 35.4 Å². The Hall–Kier alpha value is -1.88. The number of aryl methyl sites for hydroxylation is 1. The van der Waals surface area contributed by atoms with Crippen LogP contribution < -0.4 is 10.6 Å². The number of aliphatic hydroxyl groups is 1. The van der Waals surface area contributed by atoms with Crippen LogP contribution in [0, 0.1) is 12.8 Å². The van der Waals surface area contributed by atoms with Crippen LogP contribution in [0.2, 0.25) is 0 Å². The first-order chi connectivity index (χ1) is 11.3. The fourth-order valence-electron chi connectivity index (χ4n) is 2.90. The van der Waals surface area contributed by atoms with Gasteiger partial charge in [-0.15, -0.1) is 0 Å². The lowest BCUT2D eigenvalue weighted by atomic mass is 9.80. The van der Waals surface area contributed by atoms with Crippen LogP contribution in [-0.4, -0.2) is 35.1 Å². The fraction of sp³-hybridized carbons (Fsp3) is 0.579. The van der Waals surface area contributed by atoms with Gasteiger partial charge in [-0.25, -0.2) is 0 Å². The molecule has 1 unspecified atom stereocenters. The lowest BCUT2D eigenvalue weighted by Gasteiger charge is -2.37. The van der Waals surface area contributed by atoms with Crippen LogP contribution in [0.4, 0.5) is 0 Å². The van der Waals surface area contributed by atoms with Gasteiger partial charge in [0, 0.05) is 12.1 Å². The summed E-state index contributed by atoms with van der Waals surface area (Å²) in [7, 11) is 0. The molecule has 2 amide bonds. The molecule has 0 heterocycles. The minimum Gasteiger partial charge on any atom is -0.388 e. The van der Waals surface area contributed by atoms with E-state index in [1.165, 1.54) is 0 Å². The molecule has 1 saturated carbocycles. The van der Waals surface area contributed by atoms with Gasteiger partial charge < -0.3 is 15.7 Å². The van der Waals surface area contributed by atoms with Gasteiger partial charge >= 0.3 is 0 Å². The Bertz CT molecular complexity index is 594. The Kier molecular flexibility index (Phi) is 5.99. The number of carbonyl (C=O) groups is 2. The third-order valence-electron chi connectivity index (χ3n) is 4.59. The zero-order chi connectivity index (χ0) is 17.7. The van der Waals surface area contributed by atoms with Gasteiger partial charge in [0.05, 0.1) is 5.60 Å². The van der Waals surface area contributed by atoms with E-state index in [0.717, 1.165) is 24.8 Å². The maximum Gasteiger partial charge on any atom is 0.252 e. The Morgan fingerprint density at radius 1 is 1.25 bits per heavy atom. The normalized spacial score (nSPS) is 17.0. The standard InChI is InChI=1S/C19H28N2O3/c1-13(2)11-16(18(23)20-12-19(24)9-6-10-19)21-17(22)15-8-5-4-7-14(15)3/h4-5,7-8,13,16,24H,6,9-12H2,1-3H3,(H,20,23)(H,21,22). The summed E-state index contributed by atoms with van der Waals surface area (Å²) in [6, 6.07) is 6.72. The highest BCUT2D eigenvalue weighted by molar-refractivity contribution is 5.98. The minimum atomic E-state index is -0.766. The van der Waals surface area contributed by atoms with Gasteiger partial charge in [0.25, 0.3) is 5.91 Å². The number of carbonyl (C=O) groups excluding carboxylic acids is 2. The van der Waals surface area contributed by atoms with Gasteiger partial charge in [-0.1, -0.05) is 32.0 Å². The zero-order valence-corrected chi connectivity index (χ0v) is 14.8. The van der Waals surface area contributed by atoms with E-state index in [0.29, 0.717) is 12.0 Å². The maximum absolute atomic E-state index is 12.5. The molecule has 5 heteroatoms. The van der Waals surface area contributed by atoms with Crippen molar-refractivity contribution < 1.29 is 14.7 Å². The van der Waals surface area contributed by atoms with Crippen LogP contribution in [0.1, 0.15) is 55.5 Å². The van der Waals surface area contributed by atoms with Crippen molar-refractivity contribution >= 4 is 11.8 Å². The van der Waals surface area contributed by atoms with E-state index >= 15 is 0 Å². The third-order valence-corrected chi connectivity index (χ3v) is 4.59. The predicted molar refractivity (Wildman–Crippen MR) is 93.7 cm³/mol. The average molecular weight is 332 g/mol. The van der Waals surface area contributed by atoms with Crippen molar-refractivity contribution in [3.8, 4) is 0 Å². The Morgan fingerprint density at radius 3 is 2.46 bits per heavy atom. The van der Waals surface area contributed by atoms with E-state index in [4.69, 9.17) is 0 Å². The molecule has 1 aliphatic rings. The van der Waals surface area contributed by atoms with Crippen molar-refractivity contribution in [2.45, 2.75) is 58.1 Å². The maximum atomic E-state index is 12.5. The van der Waals surface area contributed by atoms with E-state index < -0.39 is 11.6 Å². The lowest BCUT2D eigenvalue weighted by molar-refractivity contribution is -0.125. The van der Waals surface area contributed by atoms with Gasteiger partial charge in [-0.2, -0.15) is 0 Å². The second-order valence-corrected chi connectivity index (χ2v) is 7.27. The molecule has 2 rings (SSSR count). The fourth-order valence-corrected chi connectivity index (χ4v) is 2.90. The number of hydrogen-bond donors (Lipinski definition) is 3. The van der Waals surface area contributed by atoms with Gasteiger partial charge in [-0.05, 0) is 50.2 Å². The molecule has 1 aliphatic carbocycles. The molecule has 1 aromatic carbocycles. The molecule has 0 saturated heterocycles. The van der Waals surface area contributed by atoms with Crippen LogP contribution >= 0.6 is 0 Å². The van der Waals surface area contributed by atoms with E-state index in [2.05, 4.69) is 10.6 Å². The molecule has 3 N–H and O–H groups in total. The Labute approximate surface area is 143 Å². The molecule has 1 aromatic rings. The van der Waals surface area contributed by atoms with E-state index in [-0.39, 0.29) is 24.3 Å². The van der Waals surface area contributed by atoms with Gasteiger partial charge in [-0.3, -0.25) is 9.59 Å². The molecule has 5 nitrogen and oxygen atoms in total. The zero-order valence-electron chi connectivity index (χ0n) is 14.8. The van der Waals surface area contributed by atoms with Crippen LogP contribution in [0.3, 0.4) is 0 Å². The highest BCUT2D eigenvalue weighted by Gasteiger charge is 2.35. The quantitative estimate of drug-likeness (QED) is 0.716. The summed E-state index contributed by atoms with van der Waals surface area (Å²) in [5.41, 5.74) is 0.692. The van der Waals surface area contributed by atoms with Crippen LogP contribution in [0.25, 0.3) is 0 Å². The second kappa shape index (κ2) is 7.79. The lowest BCUT2D eigenvalue weighted by Crippen LogP contribution is -2.53. The largest absolute Gasteiger partial charge is 0.388 e. The smallest absolute Gasteiger partial charge is 0.252 e. The first kappa shape index (κ1) is 18.5. The molecule has 1 atom stereocenters. The first-order valence-electron chi connectivity index (χ1n) is 8.67. The monoisotopic (exact) mass is 332 g/mol. The molecule has 24 heavy (non-hydrogen) atoms. The van der Waals surface area contributed by atoms with Crippen molar-refractivity contribution in [2.24, 2.45) is 5.92 Å². The summed E-state index contributed by atoms with van der Waals surface area (Å²) in [4.78, 5) is 25.0. The molecule has 0 radical (unpaired) electrons. The molecule has 0 bridgehead atoms. The van der Waals surface area contributed by atoms with E-state index in [9.17, 15) is 14.7 Å². The van der Waals surface area contributed by atoms with Crippen molar-refractivity contribution in [1.82, 2.24) is 10.6 Å². The summed E-state index contributed by atoms with van der Waals surface area (Å²) in [6.45, 7) is 6.15. The number of hydrogen-bond acceptors (Lipinski definition) is 3. The van der Waals surface area contributed by atoms with Crippen molar-refractivity contribution in [2.75, 3.05) is 6.54 Å². The van der Waals surface area contributed by atoms with E-state index in [1.807, 2.05) is 39.0 Å². The topological polar surface area (TPSA) is 78.4 Å². The van der Waals surface area contributed by atoms with Crippen LogP contribution in [0.5, 0.6) is 0 Å². The highest BCUT2D eigenvalue weighted by atomic mass is 16.3. The SMILES string of the molecule is Cc1ccccc1C(=O)NC(CC(C)C)C(=O)NCC1(O)CCC1. The summed E-state index contributed by atoms with van der Waals surface area (Å²) >= 11 is 0. The second-order valence-electron chi connectivity index (χ2n) is 7.27. The molecular formula is C19H28N2O3. The summed E-state index contributed by atoms with van der Waals surface area (Å²) in [5.74, 6) is -0.202. The minimum absolute atomic E-state index is 0.231. The number of benzene rings is 1. The summed E-state index contributed by atoms with van der Waals surface area (Å²) < 4.78 is 0. The molecule has 0 aliphatic heterocycles. The van der Waals surface area contributed by atoms with Crippen molar-refractivity contribution in [1.29, 1.82) is 0 Å².